The Bertz CT molecular complexity index is 810. The Morgan fingerprint density at radius 1 is 1.43 bits per heavy atom. The second-order valence-electron chi connectivity index (χ2n) is 6.43. The molecular formula is C17H23F3N4O3S. The van der Waals surface area contributed by atoms with Gasteiger partial charge >= 0.3 is 6.18 Å². The molecule has 0 saturated carbocycles. The molecule has 0 aliphatic carbocycles. The van der Waals surface area contributed by atoms with E-state index in [9.17, 15) is 22.5 Å². The predicted molar refractivity (Wildman–Crippen MR) is 102 cm³/mol. The first-order valence-electron chi connectivity index (χ1n) is 8.59. The molecule has 1 aromatic rings. The van der Waals surface area contributed by atoms with Crippen LogP contribution in [0.2, 0.25) is 0 Å². The Morgan fingerprint density at radius 3 is 2.68 bits per heavy atom. The highest BCUT2D eigenvalue weighted by Gasteiger charge is 2.32. The van der Waals surface area contributed by atoms with Crippen LogP contribution in [0.3, 0.4) is 0 Å². The van der Waals surface area contributed by atoms with Crippen LogP contribution < -0.4 is 15.6 Å². The van der Waals surface area contributed by atoms with Crippen molar-refractivity contribution in [3.05, 3.63) is 39.3 Å². The predicted octanol–water partition coefficient (Wildman–Crippen LogP) is 1.95. The van der Waals surface area contributed by atoms with Gasteiger partial charge in [0.1, 0.15) is 11.9 Å². The molecule has 2 rings (SSSR count). The van der Waals surface area contributed by atoms with Crippen molar-refractivity contribution in [1.29, 1.82) is 0 Å². The SMILES string of the molecule is CCC[S+]([O-])NC1NC(OCC(F)(F)F)=NC(c2cc(C)c(=O)n(C)c2)=C1C. The molecule has 2 atom stereocenters. The molecule has 156 valence electrons. The fourth-order valence-electron chi connectivity index (χ4n) is 2.61. The van der Waals surface area contributed by atoms with E-state index >= 15 is 0 Å². The zero-order valence-corrected chi connectivity index (χ0v) is 16.8. The molecule has 0 radical (unpaired) electrons. The number of aliphatic imine (C=N–C) groups is 1. The Balaban J connectivity index is 2.43. The summed E-state index contributed by atoms with van der Waals surface area (Å²) in [7, 11) is 1.58. The molecule has 0 saturated heterocycles. The van der Waals surface area contributed by atoms with Gasteiger partial charge in [-0.05, 0) is 31.9 Å². The van der Waals surface area contributed by atoms with Crippen molar-refractivity contribution < 1.29 is 22.5 Å². The van der Waals surface area contributed by atoms with Crippen LogP contribution in [0.4, 0.5) is 13.2 Å². The van der Waals surface area contributed by atoms with E-state index in [4.69, 9.17) is 4.74 Å². The highest BCUT2D eigenvalue weighted by atomic mass is 32.2. The number of rotatable bonds is 6. The van der Waals surface area contributed by atoms with Crippen LogP contribution in [-0.2, 0) is 23.1 Å². The molecule has 1 aliphatic rings. The monoisotopic (exact) mass is 420 g/mol. The summed E-state index contributed by atoms with van der Waals surface area (Å²) in [4.78, 5) is 16.1. The smallest absolute Gasteiger partial charge is 0.422 e. The molecule has 1 aromatic heterocycles. The molecular weight excluding hydrogens is 397 g/mol. The average Bonchev–Trinajstić information content (AvgIpc) is 2.59. The van der Waals surface area contributed by atoms with E-state index in [1.54, 1.807) is 33.2 Å². The minimum atomic E-state index is -4.53. The molecule has 2 heterocycles. The summed E-state index contributed by atoms with van der Waals surface area (Å²) in [6.07, 6.45) is -3.04. The molecule has 0 spiro atoms. The van der Waals surface area contributed by atoms with Crippen LogP contribution in [0.15, 0.2) is 27.6 Å². The van der Waals surface area contributed by atoms with Gasteiger partial charge in [-0.25, -0.2) is 0 Å². The number of pyridine rings is 1. The summed E-state index contributed by atoms with van der Waals surface area (Å²) in [6, 6.07) is 1.27. The summed E-state index contributed by atoms with van der Waals surface area (Å²) in [5.41, 5.74) is 1.78. The quantitative estimate of drug-likeness (QED) is 0.687. The van der Waals surface area contributed by atoms with Crippen molar-refractivity contribution in [3.8, 4) is 0 Å². The lowest BCUT2D eigenvalue weighted by molar-refractivity contribution is -0.156. The molecule has 7 nitrogen and oxygen atoms in total. The highest BCUT2D eigenvalue weighted by molar-refractivity contribution is 7.89. The minimum Gasteiger partial charge on any atom is -0.598 e. The molecule has 1 aliphatic heterocycles. The molecule has 0 fully saturated rings. The minimum absolute atomic E-state index is 0.188. The summed E-state index contributed by atoms with van der Waals surface area (Å²) >= 11 is -1.39. The van der Waals surface area contributed by atoms with Crippen molar-refractivity contribution >= 4 is 23.1 Å². The number of hydrogen-bond donors (Lipinski definition) is 2. The number of nitrogens with zero attached hydrogens (tertiary/aromatic N) is 2. The van der Waals surface area contributed by atoms with Gasteiger partial charge in [0, 0.05) is 35.7 Å². The van der Waals surface area contributed by atoms with Crippen molar-refractivity contribution in [2.24, 2.45) is 12.0 Å². The first-order valence-corrected chi connectivity index (χ1v) is 9.91. The van der Waals surface area contributed by atoms with Crippen LogP contribution in [-0.4, -0.2) is 39.8 Å². The van der Waals surface area contributed by atoms with Crippen molar-refractivity contribution in [1.82, 2.24) is 14.6 Å². The fourth-order valence-corrected chi connectivity index (χ4v) is 3.59. The van der Waals surface area contributed by atoms with Gasteiger partial charge in [0.05, 0.1) is 5.70 Å². The number of aromatic nitrogens is 1. The maximum Gasteiger partial charge on any atom is 0.422 e. The third kappa shape index (κ3) is 5.76. The molecule has 0 bridgehead atoms. The lowest BCUT2D eigenvalue weighted by atomic mass is 10.1. The summed E-state index contributed by atoms with van der Waals surface area (Å²) in [5.74, 6) is 0.385. The summed E-state index contributed by atoms with van der Waals surface area (Å²) in [5, 5.41) is 2.70. The van der Waals surface area contributed by atoms with Crippen LogP contribution in [0.5, 0.6) is 0 Å². The van der Waals surface area contributed by atoms with Gasteiger partial charge in [0.15, 0.2) is 6.61 Å². The Kier molecular flexibility index (Phi) is 7.18. The number of aryl methyl sites for hydroxylation is 2. The number of nitrogens with one attached hydrogen (secondary N) is 2. The molecule has 2 N–H and O–H groups in total. The first kappa shape index (κ1) is 22.3. The fraction of sp³-hybridized carbons (Fsp3) is 0.529. The number of amidine groups is 1. The van der Waals surface area contributed by atoms with E-state index in [0.29, 0.717) is 34.6 Å². The maximum absolute atomic E-state index is 12.5. The topological polar surface area (TPSA) is 90.7 Å². The standard InChI is InChI=1S/C17H23F3N4O3S/c1-5-6-28(26)23-14-11(3)13(12-7-10(2)15(25)24(4)8-12)21-16(22-14)27-9-17(18,19)20/h7-8,14,23H,5-6,9H2,1-4H3,(H,21,22). The van der Waals surface area contributed by atoms with Gasteiger partial charge in [-0.15, -0.1) is 4.72 Å². The molecule has 0 aromatic carbocycles. The van der Waals surface area contributed by atoms with Crippen LogP contribution in [0, 0.1) is 6.92 Å². The number of halogens is 3. The Labute approximate surface area is 164 Å². The highest BCUT2D eigenvalue weighted by Crippen LogP contribution is 2.26. The van der Waals surface area contributed by atoms with E-state index in [2.05, 4.69) is 15.0 Å². The number of ether oxygens (including phenoxy) is 1. The molecule has 11 heteroatoms. The number of alkyl halides is 3. The third-order valence-electron chi connectivity index (χ3n) is 3.93. The lowest BCUT2D eigenvalue weighted by Crippen LogP contribution is -2.52. The van der Waals surface area contributed by atoms with E-state index in [-0.39, 0.29) is 11.6 Å². The van der Waals surface area contributed by atoms with Crippen molar-refractivity contribution in [2.75, 3.05) is 12.4 Å². The second-order valence-corrected chi connectivity index (χ2v) is 7.76. The summed E-state index contributed by atoms with van der Waals surface area (Å²) in [6.45, 7) is 3.71. The first-order chi connectivity index (χ1) is 13.0. The average molecular weight is 420 g/mol. The van der Waals surface area contributed by atoms with Gasteiger partial charge in [-0.3, -0.25) is 4.79 Å². The van der Waals surface area contributed by atoms with Crippen molar-refractivity contribution in [3.63, 3.8) is 0 Å². The van der Waals surface area contributed by atoms with Crippen LogP contribution in [0.25, 0.3) is 5.70 Å². The zero-order valence-electron chi connectivity index (χ0n) is 16.0. The largest absolute Gasteiger partial charge is 0.598 e. The van der Waals surface area contributed by atoms with E-state index < -0.39 is 30.3 Å². The second kappa shape index (κ2) is 9.01. The Morgan fingerprint density at radius 2 is 2.11 bits per heavy atom. The Hall–Kier alpha value is -1.98. The molecule has 2 unspecified atom stereocenters. The van der Waals surface area contributed by atoms with Crippen LogP contribution >= 0.6 is 0 Å². The van der Waals surface area contributed by atoms with Gasteiger partial charge < -0.3 is 19.2 Å². The van der Waals surface area contributed by atoms with Crippen molar-refractivity contribution in [2.45, 2.75) is 39.5 Å². The van der Waals surface area contributed by atoms with E-state index in [1.807, 2.05) is 6.92 Å². The molecule has 0 amide bonds. The summed E-state index contributed by atoms with van der Waals surface area (Å²) < 4.78 is 58.7. The van der Waals surface area contributed by atoms with Gasteiger partial charge in [0.2, 0.25) is 0 Å². The molecule has 28 heavy (non-hydrogen) atoms. The van der Waals surface area contributed by atoms with E-state index in [1.165, 1.54) is 4.57 Å². The van der Waals surface area contributed by atoms with Gasteiger partial charge in [-0.2, -0.15) is 18.2 Å². The van der Waals surface area contributed by atoms with Gasteiger partial charge in [-0.1, -0.05) is 6.92 Å². The lowest BCUT2D eigenvalue weighted by Gasteiger charge is -2.28. The number of hydrogen-bond acceptors (Lipinski definition) is 6. The maximum atomic E-state index is 12.5. The third-order valence-corrected chi connectivity index (χ3v) is 5.21. The van der Waals surface area contributed by atoms with Crippen LogP contribution in [0.1, 0.15) is 31.4 Å². The zero-order chi connectivity index (χ0) is 21.1. The normalized spacial score (nSPS) is 18.6. The van der Waals surface area contributed by atoms with Gasteiger partial charge in [0.25, 0.3) is 11.6 Å². The van der Waals surface area contributed by atoms with E-state index in [0.717, 1.165) is 0 Å².